The van der Waals surface area contributed by atoms with Crippen LogP contribution in [0.1, 0.15) is 49.1 Å². The lowest BCUT2D eigenvalue weighted by Crippen LogP contribution is -2.21. The summed E-state index contributed by atoms with van der Waals surface area (Å²) >= 11 is 0. The second kappa shape index (κ2) is 5.17. The Morgan fingerprint density at radius 3 is 2.48 bits per heavy atom. The summed E-state index contributed by atoms with van der Waals surface area (Å²) in [5.74, 6) is 0.316. The summed E-state index contributed by atoms with van der Waals surface area (Å²) in [6, 6.07) is 10.5. The number of fused-ring (bicyclic) bond motifs is 1. The van der Waals surface area contributed by atoms with E-state index in [1.165, 1.54) is 5.56 Å². The monoisotopic (exact) mass is 308 g/mol. The van der Waals surface area contributed by atoms with Gasteiger partial charge in [0.25, 0.3) is 0 Å². The molecule has 1 atom stereocenters. The van der Waals surface area contributed by atoms with Crippen molar-refractivity contribution in [1.82, 2.24) is 10.2 Å². The Hall–Kier alpha value is -2.74. The predicted molar refractivity (Wildman–Crippen MR) is 87.8 cm³/mol. The van der Waals surface area contributed by atoms with Gasteiger partial charge in [-0.05, 0) is 23.5 Å². The van der Waals surface area contributed by atoms with E-state index in [9.17, 15) is 5.26 Å². The Morgan fingerprint density at radius 1 is 1.26 bits per heavy atom. The van der Waals surface area contributed by atoms with Crippen molar-refractivity contribution in [1.29, 1.82) is 5.26 Å². The molecule has 0 radical (unpaired) electrons. The molecule has 2 aromatic rings. The zero-order chi connectivity index (χ0) is 16.8. The molecule has 1 aliphatic rings. The predicted octanol–water partition coefficient (Wildman–Crippen LogP) is 3.23. The first kappa shape index (κ1) is 15.2. The fourth-order valence-corrected chi connectivity index (χ4v) is 2.91. The van der Waals surface area contributed by atoms with Crippen LogP contribution in [-0.4, -0.2) is 10.2 Å². The molecule has 1 aromatic heterocycles. The van der Waals surface area contributed by atoms with Gasteiger partial charge in [-0.25, -0.2) is 0 Å². The summed E-state index contributed by atoms with van der Waals surface area (Å²) in [6.07, 6.45) is 0. The Bertz CT molecular complexity index is 816. The number of rotatable bonds is 1. The topological polar surface area (TPSA) is 87.7 Å². The molecule has 0 spiro atoms. The van der Waals surface area contributed by atoms with E-state index >= 15 is 0 Å². The molecule has 0 amide bonds. The number of nitrogens with two attached hydrogens (primary N) is 1. The molecule has 5 nitrogen and oxygen atoms in total. The first-order valence-electron chi connectivity index (χ1n) is 7.56. The van der Waals surface area contributed by atoms with Gasteiger partial charge in [0.1, 0.15) is 11.6 Å². The van der Waals surface area contributed by atoms with Gasteiger partial charge < -0.3 is 10.5 Å². The van der Waals surface area contributed by atoms with Crippen molar-refractivity contribution < 1.29 is 4.74 Å². The average Bonchev–Trinajstić information content (AvgIpc) is 2.86. The Labute approximate surface area is 135 Å². The van der Waals surface area contributed by atoms with Crippen LogP contribution in [0.15, 0.2) is 35.7 Å². The minimum Gasteiger partial charge on any atom is -0.420 e. The fourth-order valence-electron chi connectivity index (χ4n) is 2.91. The minimum atomic E-state index is -0.253. The van der Waals surface area contributed by atoms with E-state index in [0.29, 0.717) is 11.5 Å². The van der Waals surface area contributed by atoms with Crippen LogP contribution in [0.4, 0.5) is 0 Å². The van der Waals surface area contributed by atoms with Crippen LogP contribution in [0.3, 0.4) is 0 Å². The maximum absolute atomic E-state index is 9.53. The molecule has 0 fully saturated rings. The lowest BCUT2D eigenvalue weighted by atomic mass is 9.81. The molecule has 3 rings (SSSR count). The van der Waals surface area contributed by atoms with Crippen molar-refractivity contribution in [2.45, 2.75) is 39.0 Å². The maximum Gasteiger partial charge on any atom is 0.244 e. The van der Waals surface area contributed by atoms with Crippen LogP contribution >= 0.6 is 0 Å². The van der Waals surface area contributed by atoms with Gasteiger partial charge in [-0.1, -0.05) is 45.0 Å². The van der Waals surface area contributed by atoms with E-state index in [4.69, 9.17) is 10.5 Å². The zero-order valence-electron chi connectivity index (χ0n) is 13.8. The molecule has 2 heterocycles. The summed E-state index contributed by atoms with van der Waals surface area (Å²) < 4.78 is 5.48. The van der Waals surface area contributed by atoms with E-state index in [1.54, 1.807) is 0 Å². The lowest BCUT2D eigenvalue weighted by Gasteiger charge is -2.25. The SMILES string of the molecule is Cc1[nH]nc2c1[C@H](c1ccc(C(C)(C)C)cc1)C(C#N)=C(N)O2. The summed E-state index contributed by atoms with van der Waals surface area (Å²) in [6.45, 7) is 8.44. The molecule has 1 aliphatic heterocycles. The molecular formula is C18H20N4O. The molecule has 118 valence electrons. The van der Waals surface area contributed by atoms with Crippen LogP contribution in [0, 0.1) is 18.3 Å². The molecule has 23 heavy (non-hydrogen) atoms. The number of aryl methyl sites for hydroxylation is 1. The first-order valence-corrected chi connectivity index (χ1v) is 7.56. The highest BCUT2D eigenvalue weighted by atomic mass is 16.5. The second-order valence-corrected chi connectivity index (χ2v) is 6.86. The highest BCUT2D eigenvalue weighted by Gasteiger charge is 2.34. The van der Waals surface area contributed by atoms with Crippen molar-refractivity contribution in [3.63, 3.8) is 0 Å². The van der Waals surface area contributed by atoms with Gasteiger partial charge in [-0.15, -0.1) is 5.10 Å². The molecule has 3 N–H and O–H groups in total. The van der Waals surface area contributed by atoms with Gasteiger partial charge in [0.2, 0.25) is 11.8 Å². The molecule has 0 bridgehead atoms. The van der Waals surface area contributed by atoms with Gasteiger partial charge in [0, 0.05) is 11.3 Å². The maximum atomic E-state index is 9.53. The van der Waals surface area contributed by atoms with Crippen molar-refractivity contribution in [3.8, 4) is 11.9 Å². The van der Waals surface area contributed by atoms with E-state index in [2.05, 4.69) is 61.3 Å². The first-order chi connectivity index (χ1) is 10.8. The number of aromatic amines is 1. The molecule has 1 aromatic carbocycles. The molecule has 0 unspecified atom stereocenters. The number of nitrogens with zero attached hydrogens (tertiary/aromatic N) is 2. The number of hydrogen-bond donors (Lipinski definition) is 2. The zero-order valence-corrected chi connectivity index (χ0v) is 13.8. The van der Waals surface area contributed by atoms with E-state index in [0.717, 1.165) is 16.8 Å². The van der Waals surface area contributed by atoms with Crippen LogP contribution in [-0.2, 0) is 5.41 Å². The highest BCUT2D eigenvalue weighted by molar-refractivity contribution is 5.55. The van der Waals surface area contributed by atoms with Gasteiger partial charge >= 0.3 is 0 Å². The van der Waals surface area contributed by atoms with Crippen molar-refractivity contribution >= 4 is 0 Å². The quantitative estimate of drug-likeness (QED) is 0.846. The largest absolute Gasteiger partial charge is 0.420 e. The normalized spacial score (nSPS) is 17.4. The minimum absolute atomic E-state index is 0.0812. The average molecular weight is 308 g/mol. The number of H-pyrrole nitrogens is 1. The fraction of sp³-hybridized carbons (Fsp3) is 0.333. The number of nitriles is 1. The third-order valence-corrected chi connectivity index (χ3v) is 4.24. The van der Waals surface area contributed by atoms with Crippen molar-refractivity contribution in [3.05, 3.63) is 58.1 Å². The van der Waals surface area contributed by atoms with Crippen LogP contribution in [0.2, 0.25) is 0 Å². The van der Waals surface area contributed by atoms with E-state index in [1.807, 2.05) is 6.92 Å². The summed E-state index contributed by atoms with van der Waals surface area (Å²) in [5.41, 5.74) is 10.4. The number of hydrogen-bond acceptors (Lipinski definition) is 4. The van der Waals surface area contributed by atoms with E-state index < -0.39 is 0 Å². The third kappa shape index (κ3) is 2.46. The van der Waals surface area contributed by atoms with Crippen molar-refractivity contribution in [2.75, 3.05) is 0 Å². The van der Waals surface area contributed by atoms with Gasteiger partial charge in [-0.2, -0.15) is 5.26 Å². The molecule has 0 saturated heterocycles. The van der Waals surface area contributed by atoms with Crippen LogP contribution in [0.25, 0.3) is 0 Å². The van der Waals surface area contributed by atoms with Gasteiger partial charge in [0.15, 0.2) is 0 Å². The number of aromatic nitrogens is 2. The van der Waals surface area contributed by atoms with Gasteiger partial charge in [-0.3, -0.25) is 5.10 Å². The third-order valence-electron chi connectivity index (χ3n) is 4.24. The molecule has 5 heteroatoms. The number of nitrogens with one attached hydrogen (secondary N) is 1. The Kier molecular flexibility index (Phi) is 3.41. The summed E-state index contributed by atoms with van der Waals surface area (Å²) in [5, 5.41) is 16.6. The summed E-state index contributed by atoms with van der Waals surface area (Å²) in [4.78, 5) is 0. The summed E-state index contributed by atoms with van der Waals surface area (Å²) in [7, 11) is 0. The Balaban J connectivity index is 2.13. The standard InChI is InChI=1S/C18H20N4O/c1-10-14-15(11-5-7-12(8-6-11)18(2,3)4)13(9-19)16(20)23-17(14)22-21-10/h5-8,15H,20H2,1-4H3,(H,21,22)/t15-/m1/s1. The van der Waals surface area contributed by atoms with E-state index in [-0.39, 0.29) is 17.2 Å². The Morgan fingerprint density at radius 2 is 1.91 bits per heavy atom. The number of ether oxygens (including phenoxy) is 1. The number of allylic oxidation sites excluding steroid dienone is 1. The van der Waals surface area contributed by atoms with Crippen LogP contribution in [0.5, 0.6) is 5.88 Å². The molecule has 0 saturated carbocycles. The smallest absolute Gasteiger partial charge is 0.244 e. The highest BCUT2D eigenvalue weighted by Crippen LogP contribution is 2.42. The lowest BCUT2D eigenvalue weighted by molar-refractivity contribution is 0.379. The molecular weight excluding hydrogens is 288 g/mol. The number of benzene rings is 1. The van der Waals surface area contributed by atoms with Crippen molar-refractivity contribution in [2.24, 2.45) is 5.73 Å². The second-order valence-electron chi connectivity index (χ2n) is 6.86. The molecule has 0 aliphatic carbocycles. The van der Waals surface area contributed by atoms with Gasteiger partial charge in [0.05, 0.1) is 5.92 Å². The van der Waals surface area contributed by atoms with Crippen LogP contribution < -0.4 is 10.5 Å².